The average molecular weight is 512 g/mol. The summed E-state index contributed by atoms with van der Waals surface area (Å²) in [5.41, 5.74) is 1.67. The quantitative estimate of drug-likeness (QED) is 0.287. The van der Waals surface area contributed by atoms with Crippen molar-refractivity contribution in [3.05, 3.63) is 86.6 Å². The molecule has 1 unspecified atom stereocenters. The molecule has 4 aromatic rings. The number of imidazole rings is 1. The number of ether oxygens (including phenoxy) is 2. The highest BCUT2D eigenvalue weighted by atomic mass is 35.5. The first kappa shape index (κ1) is 23.0. The monoisotopic (exact) mass is 510 g/mol. The maximum absolute atomic E-state index is 10.7. The summed E-state index contributed by atoms with van der Waals surface area (Å²) < 4.78 is 13.4. The van der Waals surface area contributed by atoms with E-state index in [9.17, 15) is 5.11 Å². The summed E-state index contributed by atoms with van der Waals surface area (Å²) in [4.78, 5) is 4.65. The molecule has 1 aromatic heterocycles. The van der Waals surface area contributed by atoms with Crippen LogP contribution in [0, 0.1) is 0 Å². The zero-order valence-electron chi connectivity index (χ0n) is 16.6. The predicted octanol–water partition coefficient (Wildman–Crippen LogP) is 6.67. The minimum absolute atomic E-state index is 0.0389. The van der Waals surface area contributed by atoms with Gasteiger partial charge in [0, 0.05) is 10.0 Å². The van der Waals surface area contributed by atoms with Crippen LogP contribution in [0.1, 0.15) is 5.82 Å². The second-order valence-corrected chi connectivity index (χ2v) is 8.72. The molecule has 0 bridgehead atoms. The van der Waals surface area contributed by atoms with E-state index in [0.29, 0.717) is 37.4 Å². The Hall–Kier alpha value is -2.15. The third-order valence-corrected chi connectivity index (χ3v) is 5.76. The van der Waals surface area contributed by atoms with Crippen molar-refractivity contribution in [3.8, 4) is 11.5 Å². The van der Waals surface area contributed by atoms with E-state index in [2.05, 4.69) is 4.98 Å². The number of rotatable bonds is 8. The standard InChI is InChI=1S/C23H18Cl4N2O3/c24-14-5-7-21(17(26)9-14)31-12-16(30)11-29-20-4-2-1-3-19(20)28-23(29)13-32-22-8-6-15(25)10-18(22)27/h1-10,16,30H,11-13H2. The molecule has 0 radical (unpaired) electrons. The van der Waals surface area contributed by atoms with Crippen LogP contribution in [0.25, 0.3) is 11.0 Å². The maximum Gasteiger partial charge on any atom is 0.148 e. The summed E-state index contributed by atoms with van der Waals surface area (Å²) in [6, 6.07) is 17.6. The fourth-order valence-corrected chi connectivity index (χ4v) is 4.14. The second-order valence-electron chi connectivity index (χ2n) is 7.03. The van der Waals surface area contributed by atoms with Gasteiger partial charge in [-0.05, 0) is 48.5 Å². The largest absolute Gasteiger partial charge is 0.489 e. The number of hydrogen-bond acceptors (Lipinski definition) is 4. The van der Waals surface area contributed by atoms with E-state index in [1.165, 1.54) is 0 Å². The molecule has 4 rings (SSSR count). The first-order valence-electron chi connectivity index (χ1n) is 9.68. The van der Waals surface area contributed by atoms with Crippen LogP contribution in [0.2, 0.25) is 20.1 Å². The van der Waals surface area contributed by atoms with E-state index in [1.807, 2.05) is 28.8 Å². The Morgan fingerprint density at radius 2 is 1.47 bits per heavy atom. The molecule has 0 amide bonds. The molecule has 0 spiro atoms. The zero-order chi connectivity index (χ0) is 22.7. The van der Waals surface area contributed by atoms with Crippen LogP contribution >= 0.6 is 46.4 Å². The lowest BCUT2D eigenvalue weighted by molar-refractivity contribution is 0.0918. The fraction of sp³-hybridized carbons (Fsp3) is 0.174. The van der Waals surface area contributed by atoms with Gasteiger partial charge in [0.05, 0.1) is 27.6 Å². The number of para-hydroxylation sites is 2. The molecule has 0 aliphatic heterocycles. The lowest BCUT2D eigenvalue weighted by Crippen LogP contribution is -2.25. The molecular weight excluding hydrogens is 494 g/mol. The van der Waals surface area contributed by atoms with Gasteiger partial charge in [-0.3, -0.25) is 0 Å². The van der Waals surface area contributed by atoms with Gasteiger partial charge in [-0.25, -0.2) is 4.98 Å². The highest BCUT2D eigenvalue weighted by Gasteiger charge is 2.16. The molecule has 1 heterocycles. The van der Waals surface area contributed by atoms with Crippen molar-refractivity contribution in [2.24, 2.45) is 0 Å². The predicted molar refractivity (Wildman–Crippen MR) is 128 cm³/mol. The highest BCUT2D eigenvalue weighted by Crippen LogP contribution is 2.29. The lowest BCUT2D eigenvalue weighted by atomic mass is 10.3. The third kappa shape index (κ3) is 5.42. The number of aromatic nitrogens is 2. The van der Waals surface area contributed by atoms with Crippen LogP contribution in [0.4, 0.5) is 0 Å². The number of aliphatic hydroxyl groups is 1. The number of fused-ring (bicyclic) bond motifs is 1. The molecule has 0 aliphatic carbocycles. The summed E-state index contributed by atoms with van der Waals surface area (Å²) in [6.45, 7) is 0.447. The molecule has 0 aliphatic rings. The van der Waals surface area contributed by atoms with Crippen molar-refractivity contribution in [2.45, 2.75) is 19.3 Å². The topological polar surface area (TPSA) is 56.5 Å². The zero-order valence-corrected chi connectivity index (χ0v) is 19.7. The molecular formula is C23H18Cl4N2O3. The Balaban J connectivity index is 1.50. The summed E-state index contributed by atoms with van der Waals surface area (Å²) in [5.74, 6) is 1.59. The van der Waals surface area contributed by atoms with E-state index >= 15 is 0 Å². The summed E-state index contributed by atoms with van der Waals surface area (Å²) >= 11 is 24.2. The summed E-state index contributed by atoms with van der Waals surface area (Å²) in [6.07, 6.45) is -0.822. The van der Waals surface area contributed by atoms with Crippen molar-refractivity contribution in [3.63, 3.8) is 0 Å². The molecule has 0 saturated carbocycles. The van der Waals surface area contributed by atoms with Crippen LogP contribution in [-0.2, 0) is 13.2 Å². The van der Waals surface area contributed by atoms with Gasteiger partial charge in [-0.2, -0.15) is 0 Å². The lowest BCUT2D eigenvalue weighted by Gasteiger charge is -2.16. The number of halogens is 4. The van der Waals surface area contributed by atoms with Gasteiger partial charge >= 0.3 is 0 Å². The Labute approximate surface area is 205 Å². The third-order valence-electron chi connectivity index (χ3n) is 4.70. The first-order valence-corrected chi connectivity index (χ1v) is 11.2. The smallest absolute Gasteiger partial charge is 0.148 e. The molecule has 0 saturated heterocycles. The molecule has 9 heteroatoms. The average Bonchev–Trinajstić information content (AvgIpc) is 3.10. The minimum Gasteiger partial charge on any atom is -0.489 e. The minimum atomic E-state index is -0.822. The molecule has 0 fully saturated rings. The van der Waals surface area contributed by atoms with Crippen molar-refractivity contribution in [2.75, 3.05) is 6.61 Å². The summed E-state index contributed by atoms with van der Waals surface area (Å²) in [5, 5.41) is 12.5. The number of benzene rings is 3. The number of nitrogens with zero attached hydrogens (tertiary/aromatic N) is 2. The maximum atomic E-state index is 10.7. The van der Waals surface area contributed by atoms with Crippen LogP contribution in [0.3, 0.4) is 0 Å². The van der Waals surface area contributed by atoms with Gasteiger partial charge in [0.15, 0.2) is 0 Å². The van der Waals surface area contributed by atoms with E-state index in [1.54, 1.807) is 36.4 Å². The van der Waals surface area contributed by atoms with Crippen molar-refractivity contribution < 1.29 is 14.6 Å². The summed E-state index contributed by atoms with van der Waals surface area (Å²) in [7, 11) is 0. The second kappa shape index (κ2) is 10.2. The van der Waals surface area contributed by atoms with Crippen molar-refractivity contribution in [1.82, 2.24) is 9.55 Å². The highest BCUT2D eigenvalue weighted by molar-refractivity contribution is 6.36. The Morgan fingerprint density at radius 1 is 0.844 bits per heavy atom. The van der Waals surface area contributed by atoms with E-state index in [4.69, 9.17) is 55.9 Å². The normalized spacial score (nSPS) is 12.2. The van der Waals surface area contributed by atoms with Gasteiger partial charge in [-0.15, -0.1) is 0 Å². The Kier molecular flexibility index (Phi) is 7.33. The van der Waals surface area contributed by atoms with Gasteiger partial charge in [-0.1, -0.05) is 58.5 Å². The van der Waals surface area contributed by atoms with Gasteiger partial charge < -0.3 is 19.1 Å². The Morgan fingerprint density at radius 3 is 2.12 bits per heavy atom. The van der Waals surface area contributed by atoms with E-state index in [-0.39, 0.29) is 19.8 Å². The van der Waals surface area contributed by atoms with Crippen molar-refractivity contribution >= 4 is 57.4 Å². The fourth-order valence-electron chi connectivity index (χ4n) is 3.22. The first-order chi connectivity index (χ1) is 15.4. The van der Waals surface area contributed by atoms with E-state index < -0.39 is 6.10 Å². The molecule has 3 aromatic carbocycles. The van der Waals surface area contributed by atoms with Gasteiger partial charge in [0.25, 0.3) is 0 Å². The molecule has 5 nitrogen and oxygen atoms in total. The van der Waals surface area contributed by atoms with Crippen molar-refractivity contribution in [1.29, 1.82) is 0 Å². The van der Waals surface area contributed by atoms with Crippen LogP contribution in [0.5, 0.6) is 11.5 Å². The Bertz CT molecular complexity index is 1250. The number of hydrogen-bond donors (Lipinski definition) is 1. The van der Waals surface area contributed by atoms with E-state index in [0.717, 1.165) is 11.0 Å². The molecule has 32 heavy (non-hydrogen) atoms. The van der Waals surface area contributed by atoms with Crippen LogP contribution < -0.4 is 9.47 Å². The molecule has 166 valence electrons. The van der Waals surface area contributed by atoms with Gasteiger partial charge in [0.2, 0.25) is 0 Å². The molecule has 1 N–H and O–H groups in total. The van der Waals surface area contributed by atoms with Crippen LogP contribution in [-0.4, -0.2) is 27.4 Å². The molecule has 1 atom stereocenters. The van der Waals surface area contributed by atoms with Gasteiger partial charge in [0.1, 0.15) is 36.6 Å². The number of aliphatic hydroxyl groups excluding tert-OH is 1. The van der Waals surface area contributed by atoms with Crippen LogP contribution in [0.15, 0.2) is 60.7 Å². The SMILES string of the molecule is OC(COc1ccc(Cl)cc1Cl)Cn1c(COc2ccc(Cl)cc2Cl)nc2ccccc21.